The van der Waals surface area contributed by atoms with Crippen molar-refractivity contribution in [3.63, 3.8) is 0 Å². The summed E-state index contributed by atoms with van der Waals surface area (Å²) < 4.78 is 5.44. The normalized spacial score (nSPS) is 30.3. The highest BCUT2D eigenvalue weighted by Gasteiger charge is 2.47. The fraction of sp³-hybridized carbons (Fsp3) is 0.857. The molecule has 2 rings (SSSR count). The van der Waals surface area contributed by atoms with Crippen LogP contribution in [0.1, 0.15) is 52.9 Å². The number of aliphatic carboxylic acids is 1. The molecule has 3 atom stereocenters. The van der Waals surface area contributed by atoms with E-state index >= 15 is 0 Å². The first-order valence-electron chi connectivity index (χ1n) is 7.01. The number of hydrogen-bond donors (Lipinski definition) is 1. The molecule has 1 saturated heterocycles. The van der Waals surface area contributed by atoms with Crippen LogP contribution < -0.4 is 0 Å². The topological polar surface area (TPSA) is 66.8 Å². The summed E-state index contributed by atoms with van der Waals surface area (Å²) in [4.78, 5) is 25.0. The molecule has 5 nitrogen and oxygen atoms in total. The maximum absolute atomic E-state index is 12.3. The maximum Gasteiger partial charge on any atom is 0.410 e. The Kier molecular flexibility index (Phi) is 3.74. The maximum atomic E-state index is 12.3. The van der Waals surface area contributed by atoms with Gasteiger partial charge in [0.15, 0.2) is 0 Å². The zero-order chi connectivity index (χ0) is 14.2. The van der Waals surface area contributed by atoms with Crippen LogP contribution in [0.25, 0.3) is 0 Å². The number of carboxylic acid groups (broad SMARTS) is 1. The van der Waals surface area contributed by atoms with E-state index in [1.807, 2.05) is 20.8 Å². The van der Waals surface area contributed by atoms with Crippen LogP contribution in [0, 0.1) is 5.92 Å². The molecule has 19 heavy (non-hydrogen) atoms. The molecule has 108 valence electrons. The van der Waals surface area contributed by atoms with Gasteiger partial charge < -0.3 is 14.7 Å². The summed E-state index contributed by atoms with van der Waals surface area (Å²) in [6.07, 6.45) is 3.66. The van der Waals surface area contributed by atoms with E-state index in [-0.39, 0.29) is 24.6 Å². The molecule has 1 aliphatic heterocycles. The summed E-state index contributed by atoms with van der Waals surface area (Å²) in [5, 5.41) is 8.99. The Morgan fingerprint density at radius 2 is 2.00 bits per heavy atom. The largest absolute Gasteiger partial charge is 0.481 e. The van der Waals surface area contributed by atoms with Crippen molar-refractivity contribution in [3.8, 4) is 0 Å². The Balaban J connectivity index is 2.12. The SMILES string of the molecule is CC(C)(C)OC(=O)N1[C@H](CC(=O)O)C[C@@H]2CCC[C@@H]21. The van der Waals surface area contributed by atoms with Crippen LogP contribution in [-0.2, 0) is 9.53 Å². The molecule has 0 radical (unpaired) electrons. The lowest BCUT2D eigenvalue weighted by Gasteiger charge is -2.31. The van der Waals surface area contributed by atoms with E-state index in [2.05, 4.69) is 0 Å². The molecule has 1 N–H and O–H groups in total. The van der Waals surface area contributed by atoms with E-state index in [0.717, 1.165) is 25.7 Å². The molecule has 5 heteroatoms. The zero-order valence-electron chi connectivity index (χ0n) is 11.9. The van der Waals surface area contributed by atoms with Gasteiger partial charge in [0.25, 0.3) is 0 Å². The molecule has 0 spiro atoms. The quantitative estimate of drug-likeness (QED) is 0.836. The lowest BCUT2D eigenvalue weighted by atomic mass is 10.0. The number of carbonyl (C=O) groups excluding carboxylic acids is 1. The van der Waals surface area contributed by atoms with E-state index in [0.29, 0.717) is 5.92 Å². The Morgan fingerprint density at radius 3 is 2.58 bits per heavy atom. The van der Waals surface area contributed by atoms with Crippen molar-refractivity contribution in [1.82, 2.24) is 4.90 Å². The van der Waals surface area contributed by atoms with Crippen LogP contribution in [0.4, 0.5) is 4.79 Å². The first kappa shape index (κ1) is 14.2. The Bertz CT molecular complexity index is 374. The van der Waals surface area contributed by atoms with Crippen molar-refractivity contribution in [1.29, 1.82) is 0 Å². The van der Waals surface area contributed by atoms with Crippen molar-refractivity contribution in [2.75, 3.05) is 0 Å². The summed E-state index contributed by atoms with van der Waals surface area (Å²) in [6, 6.07) is -0.0261. The fourth-order valence-corrected chi connectivity index (χ4v) is 3.37. The van der Waals surface area contributed by atoms with Gasteiger partial charge in [-0.1, -0.05) is 6.42 Å². The number of carboxylic acids is 1. The molecule has 0 unspecified atom stereocenters. The van der Waals surface area contributed by atoms with Crippen LogP contribution >= 0.6 is 0 Å². The average molecular weight is 269 g/mol. The van der Waals surface area contributed by atoms with Crippen LogP contribution in [0.2, 0.25) is 0 Å². The minimum absolute atomic E-state index is 0.0201. The zero-order valence-corrected chi connectivity index (χ0v) is 11.9. The van der Waals surface area contributed by atoms with Crippen molar-refractivity contribution in [2.24, 2.45) is 5.92 Å². The van der Waals surface area contributed by atoms with E-state index < -0.39 is 11.6 Å². The van der Waals surface area contributed by atoms with Gasteiger partial charge in [-0.3, -0.25) is 4.79 Å². The minimum Gasteiger partial charge on any atom is -0.481 e. The van der Waals surface area contributed by atoms with Gasteiger partial charge >= 0.3 is 12.1 Å². The summed E-state index contributed by atoms with van der Waals surface area (Å²) in [5.41, 5.74) is -0.540. The molecule has 1 saturated carbocycles. The van der Waals surface area contributed by atoms with Crippen LogP contribution in [-0.4, -0.2) is 39.8 Å². The van der Waals surface area contributed by atoms with Crippen LogP contribution in [0.3, 0.4) is 0 Å². The summed E-state index contributed by atoms with van der Waals surface area (Å²) in [6.45, 7) is 5.50. The Morgan fingerprint density at radius 1 is 1.32 bits per heavy atom. The third-order valence-electron chi connectivity index (χ3n) is 3.96. The third kappa shape index (κ3) is 3.19. The number of fused-ring (bicyclic) bond motifs is 1. The number of ether oxygens (including phenoxy) is 1. The lowest BCUT2D eigenvalue weighted by molar-refractivity contribution is -0.138. The van der Waals surface area contributed by atoms with Crippen molar-refractivity contribution < 1.29 is 19.4 Å². The standard InChI is InChI=1S/C14H23NO4/c1-14(2,3)19-13(18)15-10(8-12(16)17)7-9-5-4-6-11(9)15/h9-11H,4-8H2,1-3H3,(H,16,17)/t9-,10-,11-/m0/s1. The average Bonchev–Trinajstić information content (AvgIpc) is 2.72. The van der Waals surface area contributed by atoms with Gasteiger partial charge in [0.05, 0.1) is 6.42 Å². The second-order valence-corrected chi connectivity index (χ2v) is 6.63. The molecule has 1 aliphatic carbocycles. The summed E-state index contributed by atoms with van der Waals surface area (Å²) in [5.74, 6) is -0.393. The van der Waals surface area contributed by atoms with Crippen molar-refractivity contribution in [2.45, 2.75) is 70.6 Å². The van der Waals surface area contributed by atoms with Gasteiger partial charge in [-0.05, 0) is 46.0 Å². The Labute approximate surface area is 113 Å². The molecule has 2 fully saturated rings. The second kappa shape index (κ2) is 5.02. The first-order chi connectivity index (χ1) is 8.78. The number of amides is 1. The monoisotopic (exact) mass is 269 g/mol. The second-order valence-electron chi connectivity index (χ2n) is 6.63. The fourth-order valence-electron chi connectivity index (χ4n) is 3.37. The number of hydrogen-bond acceptors (Lipinski definition) is 3. The number of carbonyl (C=O) groups is 2. The predicted octanol–water partition coefficient (Wildman–Crippen LogP) is 2.64. The molecule has 1 amide bonds. The van der Waals surface area contributed by atoms with Gasteiger partial charge in [0, 0.05) is 12.1 Å². The highest BCUT2D eigenvalue weighted by molar-refractivity contribution is 5.72. The predicted molar refractivity (Wildman–Crippen MR) is 69.9 cm³/mol. The Hall–Kier alpha value is -1.26. The van der Waals surface area contributed by atoms with Crippen LogP contribution in [0.15, 0.2) is 0 Å². The smallest absolute Gasteiger partial charge is 0.410 e. The van der Waals surface area contributed by atoms with Gasteiger partial charge in [-0.25, -0.2) is 4.79 Å². The summed E-state index contributed by atoms with van der Waals surface area (Å²) in [7, 11) is 0. The first-order valence-corrected chi connectivity index (χ1v) is 7.01. The van der Waals surface area contributed by atoms with Gasteiger partial charge in [-0.15, -0.1) is 0 Å². The lowest BCUT2D eigenvalue weighted by Crippen LogP contribution is -2.45. The molecule has 1 heterocycles. The van der Waals surface area contributed by atoms with Crippen molar-refractivity contribution >= 4 is 12.1 Å². The molecule has 0 aromatic heterocycles. The molecule has 0 bridgehead atoms. The number of rotatable bonds is 2. The van der Waals surface area contributed by atoms with Gasteiger partial charge in [0.1, 0.15) is 5.60 Å². The number of nitrogens with zero attached hydrogens (tertiary/aromatic N) is 1. The van der Waals surface area contributed by atoms with E-state index in [1.165, 1.54) is 0 Å². The minimum atomic E-state index is -0.849. The molecule has 0 aromatic carbocycles. The van der Waals surface area contributed by atoms with Crippen LogP contribution in [0.5, 0.6) is 0 Å². The molecule has 2 aliphatic rings. The van der Waals surface area contributed by atoms with Crippen molar-refractivity contribution in [3.05, 3.63) is 0 Å². The molecular formula is C14H23NO4. The molecular weight excluding hydrogens is 246 g/mol. The molecule has 0 aromatic rings. The van der Waals surface area contributed by atoms with E-state index in [9.17, 15) is 9.59 Å². The number of likely N-dealkylation sites (tertiary alicyclic amines) is 1. The highest BCUT2D eigenvalue weighted by atomic mass is 16.6. The summed E-state index contributed by atoms with van der Waals surface area (Å²) >= 11 is 0. The highest BCUT2D eigenvalue weighted by Crippen LogP contribution is 2.42. The van der Waals surface area contributed by atoms with Gasteiger partial charge in [-0.2, -0.15) is 0 Å². The van der Waals surface area contributed by atoms with E-state index in [1.54, 1.807) is 4.90 Å². The van der Waals surface area contributed by atoms with Gasteiger partial charge in [0.2, 0.25) is 0 Å². The third-order valence-corrected chi connectivity index (χ3v) is 3.96. The van der Waals surface area contributed by atoms with E-state index in [4.69, 9.17) is 9.84 Å².